The van der Waals surface area contributed by atoms with Crippen molar-refractivity contribution in [1.82, 2.24) is 10.2 Å². The summed E-state index contributed by atoms with van der Waals surface area (Å²) in [5.41, 5.74) is 0. The molecule has 0 aromatic rings. The molecule has 0 saturated carbocycles. The second kappa shape index (κ2) is 5.15. The van der Waals surface area contributed by atoms with Gasteiger partial charge in [0.05, 0.1) is 6.10 Å². The van der Waals surface area contributed by atoms with Gasteiger partial charge in [-0.05, 0) is 38.6 Å². The van der Waals surface area contributed by atoms with Crippen LogP contribution in [0.4, 0.5) is 0 Å². The van der Waals surface area contributed by atoms with Gasteiger partial charge in [0.25, 0.3) is 0 Å². The molecule has 2 N–H and O–H groups in total. The van der Waals surface area contributed by atoms with E-state index in [0.717, 1.165) is 13.0 Å². The van der Waals surface area contributed by atoms with Crippen molar-refractivity contribution in [2.45, 2.75) is 56.4 Å². The topological polar surface area (TPSA) is 61.8 Å². The van der Waals surface area contributed by atoms with Crippen LogP contribution in [0, 0.1) is 0 Å². The average molecular weight is 254 g/mol. The highest BCUT2D eigenvalue weighted by atomic mass is 16.5. The minimum Gasteiger partial charge on any atom is -0.479 e. The maximum absolute atomic E-state index is 10.8. The summed E-state index contributed by atoms with van der Waals surface area (Å²) in [7, 11) is 0. The van der Waals surface area contributed by atoms with E-state index in [4.69, 9.17) is 9.84 Å². The number of carboxylic acids is 1. The van der Waals surface area contributed by atoms with E-state index in [2.05, 4.69) is 10.2 Å². The summed E-state index contributed by atoms with van der Waals surface area (Å²) < 4.78 is 5.52. The quantitative estimate of drug-likeness (QED) is 0.762. The molecule has 0 amide bonds. The van der Waals surface area contributed by atoms with Crippen molar-refractivity contribution in [3.63, 3.8) is 0 Å². The van der Waals surface area contributed by atoms with Gasteiger partial charge in [-0.25, -0.2) is 4.79 Å². The molecule has 4 atom stereocenters. The standard InChI is InChI=1S/C13H22N2O3/c16-13(17)12-4-3-9(18-12)8-14-10-5-7-15-6-1-2-11(10)15/h9-12,14H,1-8H2,(H,16,17). The molecule has 0 bridgehead atoms. The van der Waals surface area contributed by atoms with Crippen molar-refractivity contribution in [3.05, 3.63) is 0 Å². The Morgan fingerprint density at radius 3 is 2.94 bits per heavy atom. The Morgan fingerprint density at radius 2 is 2.17 bits per heavy atom. The molecule has 0 spiro atoms. The predicted molar refractivity (Wildman–Crippen MR) is 66.5 cm³/mol. The number of nitrogens with zero attached hydrogens (tertiary/aromatic N) is 1. The number of rotatable bonds is 4. The number of aliphatic carboxylic acids is 1. The largest absolute Gasteiger partial charge is 0.479 e. The zero-order valence-corrected chi connectivity index (χ0v) is 10.7. The molecule has 3 fully saturated rings. The third kappa shape index (κ3) is 2.39. The smallest absolute Gasteiger partial charge is 0.332 e. The second-order valence-electron chi connectivity index (χ2n) is 5.71. The van der Waals surface area contributed by atoms with Gasteiger partial charge >= 0.3 is 5.97 Å². The SMILES string of the molecule is O=C(O)C1CCC(CNC2CCN3CCCC23)O1. The molecule has 4 unspecified atom stereocenters. The molecule has 3 rings (SSSR count). The summed E-state index contributed by atoms with van der Waals surface area (Å²) >= 11 is 0. The fourth-order valence-corrected chi connectivity index (χ4v) is 3.64. The molecular weight excluding hydrogens is 232 g/mol. The fourth-order valence-electron chi connectivity index (χ4n) is 3.64. The Balaban J connectivity index is 1.44. The minimum atomic E-state index is -0.819. The third-order valence-electron chi connectivity index (χ3n) is 4.60. The number of fused-ring (bicyclic) bond motifs is 1. The molecule has 102 valence electrons. The van der Waals surface area contributed by atoms with E-state index in [9.17, 15) is 4.79 Å². The Morgan fingerprint density at radius 1 is 1.28 bits per heavy atom. The van der Waals surface area contributed by atoms with Crippen molar-refractivity contribution in [2.24, 2.45) is 0 Å². The van der Waals surface area contributed by atoms with Crippen LogP contribution in [0.2, 0.25) is 0 Å². The van der Waals surface area contributed by atoms with Gasteiger partial charge in [0, 0.05) is 25.2 Å². The van der Waals surface area contributed by atoms with E-state index < -0.39 is 12.1 Å². The number of nitrogens with one attached hydrogen (secondary N) is 1. The number of carboxylic acid groups (broad SMARTS) is 1. The lowest BCUT2D eigenvalue weighted by molar-refractivity contribution is -0.149. The van der Waals surface area contributed by atoms with E-state index in [1.807, 2.05) is 0 Å². The van der Waals surface area contributed by atoms with Crippen LogP contribution in [0.1, 0.15) is 32.1 Å². The molecule has 0 radical (unpaired) electrons. The Hall–Kier alpha value is -0.650. The van der Waals surface area contributed by atoms with Crippen molar-refractivity contribution in [3.8, 4) is 0 Å². The highest BCUT2D eigenvalue weighted by Gasteiger charge is 2.37. The van der Waals surface area contributed by atoms with Gasteiger partial charge in [-0.2, -0.15) is 0 Å². The van der Waals surface area contributed by atoms with Gasteiger partial charge in [-0.1, -0.05) is 0 Å². The van der Waals surface area contributed by atoms with Crippen LogP contribution in [0.25, 0.3) is 0 Å². The van der Waals surface area contributed by atoms with Crippen LogP contribution in [0.15, 0.2) is 0 Å². The van der Waals surface area contributed by atoms with E-state index in [-0.39, 0.29) is 6.10 Å². The summed E-state index contributed by atoms with van der Waals surface area (Å²) in [4.78, 5) is 13.4. The van der Waals surface area contributed by atoms with E-state index in [1.165, 1.54) is 32.4 Å². The molecular formula is C13H22N2O3. The van der Waals surface area contributed by atoms with E-state index in [1.54, 1.807) is 0 Å². The van der Waals surface area contributed by atoms with Crippen molar-refractivity contribution in [1.29, 1.82) is 0 Å². The van der Waals surface area contributed by atoms with Crippen LogP contribution >= 0.6 is 0 Å². The van der Waals surface area contributed by atoms with Crippen LogP contribution in [-0.2, 0) is 9.53 Å². The number of hydrogen-bond acceptors (Lipinski definition) is 4. The molecule has 3 aliphatic heterocycles. The molecule has 18 heavy (non-hydrogen) atoms. The number of hydrogen-bond donors (Lipinski definition) is 2. The predicted octanol–water partition coefficient (Wildman–Crippen LogP) is 0.445. The number of ether oxygens (including phenoxy) is 1. The monoisotopic (exact) mass is 254 g/mol. The third-order valence-corrected chi connectivity index (χ3v) is 4.60. The fraction of sp³-hybridized carbons (Fsp3) is 0.923. The normalized spacial score (nSPS) is 40.2. The molecule has 0 aromatic carbocycles. The molecule has 5 heteroatoms. The van der Waals surface area contributed by atoms with Crippen LogP contribution < -0.4 is 5.32 Å². The Bertz CT molecular complexity index is 323. The summed E-state index contributed by atoms with van der Waals surface area (Å²) in [5, 5.41) is 12.5. The van der Waals surface area contributed by atoms with Crippen molar-refractivity contribution in [2.75, 3.05) is 19.6 Å². The molecule has 0 aliphatic carbocycles. The average Bonchev–Trinajstić information content (AvgIpc) is 3.03. The van der Waals surface area contributed by atoms with Gasteiger partial charge in [-0.15, -0.1) is 0 Å². The van der Waals surface area contributed by atoms with Crippen molar-refractivity contribution < 1.29 is 14.6 Å². The van der Waals surface area contributed by atoms with Gasteiger partial charge in [-0.3, -0.25) is 4.90 Å². The molecule has 0 aromatic heterocycles. The van der Waals surface area contributed by atoms with Crippen molar-refractivity contribution >= 4 is 5.97 Å². The maximum Gasteiger partial charge on any atom is 0.332 e. The van der Waals surface area contributed by atoms with Crippen LogP contribution in [0.5, 0.6) is 0 Å². The van der Waals surface area contributed by atoms with Gasteiger partial charge < -0.3 is 15.2 Å². The highest BCUT2D eigenvalue weighted by Crippen LogP contribution is 2.28. The number of carbonyl (C=O) groups is 1. The Kier molecular flexibility index (Phi) is 3.54. The molecule has 3 aliphatic rings. The van der Waals surface area contributed by atoms with Gasteiger partial charge in [0.15, 0.2) is 6.10 Å². The molecule has 5 nitrogen and oxygen atoms in total. The van der Waals surface area contributed by atoms with Gasteiger partial charge in [0.1, 0.15) is 0 Å². The lowest BCUT2D eigenvalue weighted by Gasteiger charge is -2.23. The highest BCUT2D eigenvalue weighted by molar-refractivity contribution is 5.72. The van der Waals surface area contributed by atoms with Crippen LogP contribution in [0.3, 0.4) is 0 Å². The first-order valence-corrected chi connectivity index (χ1v) is 7.10. The first kappa shape index (κ1) is 12.4. The second-order valence-corrected chi connectivity index (χ2v) is 5.71. The lowest BCUT2D eigenvalue weighted by atomic mass is 10.1. The minimum absolute atomic E-state index is 0.0848. The first-order chi connectivity index (χ1) is 8.74. The van der Waals surface area contributed by atoms with Gasteiger partial charge in [0.2, 0.25) is 0 Å². The lowest BCUT2D eigenvalue weighted by Crippen LogP contribution is -2.42. The van der Waals surface area contributed by atoms with E-state index in [0.29, 0.717) is 18.5 Å². The Labute approximate surface area is 107 Å². The zero-order chi connectivity index (χ0) is 12.5. The summed E-state index contributed by atoms with van der Waals surface area (Å²) in [6, 6.07) is 1.29. The molecule has 3 saturated heterocycles. The summed E-state index contributed by atoms with van der Waals surface area (Å²) in [6.45, 7) is 3.27. The summed E-state index contributed by atoms with van der Waals surface area (Å²) in [5.74, 6) is -0.819. The maximum atomic E-state index is 10.8. The first-order valence-electron chi connectivity index (χ1n) is 7.10. The van der Waals surface area contributed by atoms with E-state index >= 15 is 0 Å². The molecule has 3 heterocycles. The summed E-state index contributed by atoms with van der Waals surface area (Å²) in [6.07, 6.45) is 4.88. The zero-order valence-electron chi connectivity index (χ0n) is 10.7. The van der Waals surface area contributed by atoms with Crippen LogP contribution in [-0.4, -0.2) is 59.9 Å².